The first-order valence-electron chi connectivity index (χ1n) is 3.65. The van der Waals surface area contributed by atoms with Gasteiger partial charge in [0.1, 0.15) is 5.69 Å². The van der Waals surface area contributed by atoms with Crippen LogP contribution in [0, 0.1) is 0 Å². The third kappa shape index (κ3) is 0.969. The van der Waals surface area contributed by atoms with Crippen molar-refractivity contribution in [1.29, 1.82) is 0 Å². The number of nitrogens with one attached hydrogen (secondary N) is 3. The first kappa shape index (κ1) is 6.96. The molecule has 0 bridgehead atoms. The molecule has 0 atom stereocenters. The minimum absolute atomic E-state index is 0.134. The Bertz CT molecular complexity index is 357. The van der Waals surface area contributed by atoms with Crippen molar-refractivity contribution in [2.24, 2.45) is 0 Å². The summed E-state index contributed by atoms with van der Waals surface area (Å²) >= 11 is 0. The highest BCUT2D eigenvalue weighted by atomic mass is 16.2. The van der Waals surface area contributed by atoms with Gasteiger partial charge in [0.2, 0.25) is 5.95 Å². The fraction of sp³-hybridized carbons (Fsp3) is 0.333. The monoisotopic (exact) mass is 170 g/mol. The van der Waals surface area contributed by atoms with Gasteiger partial charge < -0.3 is 16.4 Å². The first-order chi connectivity index (χ1) is 5.77. The molecule has 1 aliphatic rings. The maximum absolute atomic E-state index is 11.2. The van der Waals surface area contributed by atoms with Crippen LogP contribution in [-0.2, 0) is 0 Å². The molecule has 1 aromatic heterocycles. The highest BCUT2D eigenvalue weighted by molar-refractivity contribution is 5.66. The van der Waals surface area contributed by atoms with Crippen LogP contribution in [0.4, 0.5) is 17.5 Å². The molecule has 0 amide bonds. The highest BCUT2D eigenvalue weighted by Crippen LogP contribution is 2.16. The zero-order valence-corrected chi connectivity index (χ0v) is 6.35. The third-order valence-electron chi connectivity index (χ3n) is 1.66. The Morgan fingerprint density at radius 2 is 2.08 bits per heavy atom. The largest absolute Gasteiger partial charge is 0.376 e. The van der Waals surface area contributed by atoms with Gasteiger partial charge in [0.25, 0.3) is 5.56 Å². The normalized spacial score (nSPS) is 14.3. The summed E-state index contributed by atoms with van der Waals surface area (Å²) in [6, 6.07) is 0. The zero-order valence-electron chi connectivity index (χ0n) is 6.35. The minimum atomic E-state index is -0.232. The highest BCUT2D eigenvalue weighted by Gasteiger charge is 2.12. The van der Waals surface area contributed by atoms with Crippen LogP contribution < -0.4 is 21.9 Å². The molecule has 0 fully saturated rings. The number of fused-ring (bicyclic) bond motifs is 1. The van der Waals surface area contributed by atoms with Gasteiger partial charge in [-0.25, -0.2) is 0 Å². The van der Waals surface area contributed by atoms with E-state index >= 15 is 0 Å². The van der Waals surface area contributed by atoms with Crippen molar-refractivity contribution in [3.8, 4) is 0 Å². The average Bonchev–Trinajstić information content (AvgIpc) is 2.04. The standard InChI is InChI=1S/C6H9N5O/c7-6-10-4-3(5(12)11-6)8-1-2-9-4/h8H,1-2H2,(H4,7,9,10,11,12)/i3+1,4+1,5+1. The lowest BCUT2D eigenvalue weighted by Gasteiger charge is -2.17. The number of aromatic amines is 1. The lowest BCUT2D eigenvalue weighted by molar-refractivity contribution is 0.990. The Morgan fingerprint density at radius 1 is 1.33 bits per heavy atom. The summed E-state index contributed by atoms with van der Waals surface area (Å²) in [7, 11) is 0. The molecule has 2 heterocycles. The molecule has 1 aromatic rings. The van der Waals surface area contributed by atoms with E-state index in [1.807, 2.05) is 0 Å². The van der Waals surface area contributed by atoms with Gasteiger partial charge in [-0.2, -0.15) is 4.98 Å². The van der Waals surface area contributed by atoms with Gasteiger partial charge in [-0.3, -0.25) is 9.78 Å². The van der Waals surface area contributed by atoms with Crippen LogP contribution in [0.15, 0.2) is 4.79 Å². The molecule has 0 aliphatic carbocycles. The molecular formula is C6H9N5O. The van der Waals surface area contributed by atoms with Crippen LogP contribution in [0.5, 0.6) is 0 Å². The van der Waals surface area contributed by atoms with Gasteiger partial charge in [0.15, 0.2) is 5.82 Å². The van der Waals surface area contributed by atoms with Crippen LogP contribution in [0.1, 0.15) is 0 Å². The fourth-order valence-electron chi connectivity index (χ4n) is 1.15. The number of aromatic nitrogens is 2. The molecule has 0 saturated carbocycles. The summed E-state index contributed by atoms with van der Waals surface area (Å²) in [4.78, 5) is 17.5. The van der Waals surface area contributed by atoms with E-state index in [9.17, 15) is 4.79 Å². The number of nitrogens with zero attached hydrogens (tertiary/aromatic N) is 1. The topological polar surface area (TPSA) is 95.8 Å². The zero-order chi connectivity index (χ0) is 8.55. The molecule has 2 rings (SSSR count). The van der Waals surface area contributed by atoms with E-state index in [1.54, 1.807) is 0 Å². The maximum Gasteiger partial charge on any atom is 0.277 e. The van der Waals surface area contributed by atoms with E-state index < -0.39 is 0 Å². The smallest absolute Gasteiger partial charge is 0.277 e. The maximum atomic E-state index is 11.2. The Balaban J connectivity index is 2.60. The SMILES string of the molecule is Nc1n[13c]2[13c]([13c](=O)[nH]1)NCCN2. The van der Waals surface area contributed by atoms with Crippen LogP contribution in [0.2, 0.25) is 0 Å². The summed E-state index contributed by atoms with van der Waals surface area (Å²) in [5.41, 5.74) is 5.58. The number of hydrogen-bond acceptors (Lipinski definition) is 5. The van der Waals surface area contributed by atoms with Crippen LogP contribution in [0.25, 0.3) is 0 Å². The molecule has 6 nitrogen and oxygen atoms in total. The van der Waals surface area contributed by atoms with Crippen molar-refractivity contribution in [1.82, 2.24) is 9.97 Å². The van der Waals surface area contributed by atoms with E-state index in [4.69, 9.17) is 5.73 Å². The predicted octanol–water partition coefficient (Wildman–Crippen LogP) is -0.811. The van der Waals surface area contributed by atoms with Crippen molar-refractivity contribution in [3.05, 3.63) is 10.4 Å². The molecule has 6 heteroatoms. The molecule has 0 spiro atoms. The number of nitrogen functional groups attached to an aromatic ring is 1. The third-order valence-corrected chi connectivity index (χ3v) is 1.66. The van der Waals surface area contributed by atoms with Gasteiger partial charge in [0.05, 0.1) is 0 Å². The van der Waals surface area contributed by atoms with Crippen molar-refractivity contribution in [2.75, 3.05) is 29.5 Å². The number of nitrogens with two attached hydrogens (primary N) is 1. The minimum Gasteiger partial charge on any atom is -0.376 e. The summed E-state index contributed by atoms with van der Waals surface area (Å²) < 4.78 is 0. The Hall–Kier alpha value is -1.72. The van der Waals surface area contributed by atoms with E-state index in [0.717, 1.165) is 13.1 Å². The second-order valence-corrected chi connectivity index (χ2v) is 2.53. The van der Waals surface area contributed by atoms with Gasteiger partial charge in [-0.1, -0.05) is 0 Å². The second kappa shape index (κ2) is 2.40. The van der Waals surface area contributed by atoms with Crippen molar-refractivity contribution < 1.29 is 0 Å². The fourth-order valence-corrected chi connectivity index (χ4v) is 1.15. The molecule has 0 saturated heterocycles. The molecular weight excluding hydrogens is 161 g/mol. The van der Waals surface area contributed by atoms with Gasteiger partial charge in [-0.05, 0) is 0 Å². The van der Waals surface area contributed by atoms with Crippen LogP contribution >= 0.6 is 0 Å². The Kier molecular flexibility index (Phi) is 1.39. The lowest BCUT2D eigenvalue weighted by Crippen LogP contribution is -2.28. The van der Waals surface area contributed by atoms with E-state index in [-0.39, 0.29) is 11.5 Å². The van der Waals surface area contributed by atoms with Gasteiger partial charge in [-0.15, -0.1) is 0 Å². The molecule has 1 aliphatic heterocycles. The number of anilines is 3. The summed E-state index contributed by atoms with van der Waals surface area (Å²) in [5.74, 6) is 0.664. The molecule has 5 N–H and O–H groups in total. The van der Waals surface area contributed by atoms with Crippen molar-refractivity contribution >= 4 is 17.5 Å². The molecule has 0 unspecified atom stereocenters. The number of H-pyrrole nitrogens is 1. The Morgan fingerprint density at radius 3 is 2.92 bits per heavy atom. The van der Waals surface area contributed by atoms with Crippen molar-refractivity contribution in [3.63, 3.8) is 0 Å². The predicted molar refractivity (Wildman–Crippen MR) is 46.2 cm³/mol. The molecule has 0 aromatic carbocycles. The molecule has 12 heavy (non-hydrogen) atoms. The van der Waals surface area contributed by atoms with Crippen LogP contribution in [0.3, 0.4) is 0 Å². The molecule has 0 radical (unpaired) electrons. The van der Waals surface area contributed by atoms with E-state index in [1.165, 1.54) is 0 Å². The lowest BCUT2D eigenvalue weighted by atomic mass is 10.6. The number of rotatable bonds is 0. The first-order valence-corrected chi connectivity index (χ1v) is 3.65. The number of hydrogen-bond donors (Lipinski definition) is 4. The summed E-state index contributed by atoms with van der Waals surface area (Å²) in [6.45, 7) is 1.48. The van der Waals surface area contributed by atoms with Crippen LogP contribution in [-0.4, -0.2) is 23.1 Å². The van der Waals surface area contributed by atoms with Gasteiger partial charge >= 0.3 is 0 Å². The average molecular weight is 170 g/mol. The quantitative estimate of drug-likeness (QED) is 0.408. The second-order valence-electron chi connectivity index (χ2n) is 2.53. The summed E-state index contributed by atoms with van der Waals surface area (Å²) in [5, 5.41) is 5.90. The van der Waals surface area contributed by atoms with Gasteiger partial charge in [0, 0.05) is 13.1 Å². The van der Waals surface area contributed by atoms with E-state index in [0.29, 0.717) is 11.5 Å². The Labute approximate surface area is 68.2 Å². The van der Waals surface area contributed by atoms with Crippen molar-refractivity contribution in [2.45, 2.75) is 0 Å². The summed E-state index contributed by atoms with van der Waals surface area (Å²) in [6.07, 6.45) is 0. The van der Waals surface area contributed by atoms with E-state index in [2.05, 4.69) is 20.6 Å². The molecule has 64 valence electrons.